The van der Waals surface area contributed by atoms with Crippen molar-refractivity contribution in [1.29, 1.82) is 0 Å². The summed E-state index contributed by atoms with van der Waals surface area (Å²) in [5.41, 5.74) is 2.22. The number of oxime groups is 1. The smallest absolute Gasteiger partial charge is 0.223 e. The van der Waals surface area contributed by atoms with Crippen molar-refractivity contribution in [3.05, 3.63) is 28.2 Å². The quantitative estimate of drug-likeness (QED) is 0.587. The number of hydrogen-bond donors (Lipinski definition) is 1. The number of fused-ring (bicyclic) bond motifs is 1. The second-order valence-corrected chi connectivity index (χ2v) is 4.54. The monoisotopic (exact) mass is 282 g/mol. The van der Waals surface area contributed by atoms with Gasteiger partial charge in [-0.3, -0.25) is 4.79 Å². The van der Waals surface area contributed by atoms with Gasteiger partial charge in [-0.1, -0.05) is 21.1 Å². The van der Waals surface area contributed by atoms with Gasteiger partial charge in [-0.15, -0.1) is 0 Å². The van der Waals surface area contributed by atoms with Gasteiger partial charge >= 0.3 is 0 Å². The van der Waals surface area contributed by atoms with Gasteiger partial charge in [0.25, 0.3) is 0 Å². The van der Waals surface area contributed by atoms with E-state index in [1.54, 1.807) is 4.90 Å². The molecule has 0 aromatic heterocycles. The maximum atomic E-state index is 11.5. The minimum absolute atomic E-state index is 0.000521. The van der Waals surface area contributed by atoms with Crippen LogP contribution in [0.4, 0.5) is 5.69 Å². The molecule has 5 heteroatoms. The van der Waals surface area contributed by atoms with E-state index in [9.17, 15) is 4.79 Å². The number of anilines is 1. The molecule has 1 aromatic carbocycles. The zero-order valence-corrected chi connectivity index (χ0v) is 10.4. The Morgan fingerprint density at radius 2 is 2.31 bits per heavy atom. The lowest BCUT2D eigenvalue weighted by molar-refractivity contribution is -0.116. The van der Waals surface area contributed by atoms with Crippen molar-refractivity contribution in [2.24, 2.45) is 5.16 Å². The molecule has 0 saturated carbocycles. The Labute approximate surface area is 102 Å². The maximum absolute atomic E-state index is 11.5. The lowest BCUT2D eigenvalue weighted by Crippen LogP contribution is -2.35. The van der Waals surface area contributed by atoms with E-state index < -0.39 is 0 Å². The van der Waals surface area contributed by atoms with Crippen molar-refractivity contribution in [2.45, 2.75) is 13.3 Å². The van der Waals surface area contributed by atoms with Crippen LogP contribution in [0.3, 0.4) is 0 Å². The highest BCUT2D eigenvalue weighted by Crippen LogP contribution is 2.30. The van der Waals surface area contributed by atoms with E-state index in [1.807, 2.05) is 18.2 Å². The van der Waals surface area contributed by atoms with Crippen LogP contribution in [0.5, 0.6) is 0 Å². The Morgan fingerprint density at radius 3 is 2.94 bits per heavy atom. The van der Waals surface area contributed by atoms with Gasteiger partial charge in [-0.25, -0.2) is 0 Å². The number of carbonyl (C=O) groups excluding carboxylic acids is 1. The first-order valence-electron chi connectivity index (χ1n) is 4.92. The van der Waals surface area contributed by atoms with Crippen LogP contribution in [0, 0.1) is 0 Å². The molecular weight excluding hydrogens is 272 g/mol. The average molecular weight is 283 g/mol. The van der Waals surface area contributed by atoms with Gasteiger partial charge in [0.05, 0.1) is 11.4 Å². The summed E-state index contributed by atoms with van der Waals surface area (Å²) in [7, 11) is 0. The summed E-state index contributed by atoms with van der Waals surface area (Å²) in [6.45, 7) is 2.09. The predicted molar refractivity (Wildman–Crippen MR) is 65.1 cm³/mol. The predicted octanol–water partition coefficient (Wildman–Crippen LogP) is 2.38. The van der Waals surface area contributed by atoms with Crippen molar-refractivity contribution < 1.29 is 10.0 Å². The molecule has 2 rings (SSSR count). The summed E-state index contributed by atoms with van der Waals surface area (Å²) in [5, 5.41) is 12.2. The molecule has 1 aromatic rings. The Balaban J connectivity index is 2.57. The molecule has 1 aliphatic heterocycles. The summed E-state index contributed by atoms with van der Waals surface area (Å²) in [4.78, 5) is 13.1. The molecule has 0 saturated heterocycles. The summed E-state index contributed by atoms with van der Waals surface area (Å²) < 4.78 is 0.901. The first-order chi connectivity index (χ1) is 7.63. The summed E-state index contributed by atoms with van der Waals surface area (Å²) in [5.74, 6) is 0.000521. The highest BCUT2D eigenvalue weighted by atomic mass is 79.9. The molecule has 0 spiro atoms. The topological polar surface area (TPSA) is 52.9 Å². The standard InChI is InChI=1S/C11H11BrN2O2/c1-7(15)14-5-4-10(13-16)9-6-8(12)2-3-11(9)14/h2-3,6,16H,4-5H2,1H3/b13-10-. The van der Waals surface area contributed by atoms with E-state index in [4.69, 9.17) is 5.21 Å². The fourth-order valence-corrected chi connectivity index (χ4v) is 2.24. The number of carbonyl (C=O) groups is 1. The van der Waals surface area contributed by atoms with Crippen molar-refractivity contribution in [1.82, 2.24) is 0 Å². The first-order valence-corrected chi connectivity index (χ1v) is 5.71. The van der Waals surface area contributed by atoms with Crippen molar-refractivity contribution in [2.75, 3.05) is 11.4 Å². The summed E-state index contributed by atoms with van der Waals surface area (Å²) >= 11 is 3.36. The van der Waals surface area contributed by atoms with Crippen LogP contribution < -0.4 is 4.90 Å². The van der Waals surface area contributed by atoms with Crippen LogP contribution in [-0.2, 0) is 4.79 Å². The molecule has 0 aliphatic carbocycles. The van der Waals surface area contributed by atoms with Crippen LogP contribution in [0.25, 0.3) is 0 Å². The molecule has 0 fully saturated rings. The van der Waals surface area contributed by atoms with Crippen LogP contribution in [0.1, 0.15) is 18.9 Å². The zero-order valence-electron chi connectivity index (χ0n) is 8.77. The molecule has 0 unspecified atom stereocenters. The SMILES string of the molecule is CC(=O)N1CC/C(=N/O)c2cc(Br)ccc21. The first kappa shape index (κ1) is 11.1. The van der Waals surface area contributed by atoms with E-state index in [0.29, 0.717) is 18.7 Å². The molecule has 1 N–H and O–H groups in total. The van der Waals surface area contributed by atoms with Gasteiger partial charge in [0, 0.05) is 29.9 Å². The highest BCUT2D eigenvalue weighted by molar-refractivity contribution is 9.10. The average Bonchev–Trinajstić information content (AvgIpc) is 2.27. The van der Waals surface area contributed by atoms with E-state index in [0.717, 1.165) is 15.7 Å². The Bertz CT molecular complexity index is 471. The molecule has 1 aliphatic rings. The highest BCUT2D eigenvalue weighted by Gasteiger charge is 2.24. The molecule has 0 radical (unpaired) electrons. The third-order valence-electron chi connectivity index (χ3n) is 2.63. The number of amides is 1. The molecule has 84 valence electrons. The van der Waals surface area contributed by atoms with Gasteiger partial charge in [0.2, 0.25) is 5.91 Å². The van der Waals surface area contributed by atoms with E-state index >= 15 is 0 Å². The lowest BCUT2D eigenvalue weighted by atomic mass is 10.00. The lowest BCUT2D eigenvalue weighted by Gasteiger charge is -2.28. The van der Waals surface area contributed by atoms with Gasteiger partial charge in [0.15, 0.2) is 0 Å². The Morgan fingerprint density at radius 1 is 1.56 bits per heavy atom. The maximum Gasteiger partial charge on any atom is 0.223 e. The van der Waals surface area contributed by atoms with Crippen LogP contribution in [0.2, 0.25) is 0 Å². The normalized spacial score (nSPS) is 17.4. The molecular formula is C11H11BrN2O2. The number of halogens is 1. The van der Waals surface area contributed by atoms with Crippen LogP contribution in [0.15, 0.2) is 27.8 Å². The number of rotatable bonds is 0. The Kier molecular flexibility index (Phi) is 2.96. The van der Waals surface area contributed by atoms with Gasteiger partial charge < -0.3 is 10.1 Å². The van der Waals surface area contributed by atoms with Crippen LogP contribution >= 0.6 is 15.9 Å². The van der Waals surface area contributed by atoms with Gasteiger partial charge in [-0.2, -0.15) is 0 Å². The van der Waals surface area contributed by atoms with E-state index in [1.165, 1.54) is 6.92 Å². The Hall–Kier alpha value is -1.36. The molecule has 1 heterocycles. The summed E-state index contributed by atoms with van der Waals surface area (Å²) in [6.07, 6.45) is 0.569. The molecule has 1 amide bonds. The van der Waals surface area contributed by atoms with E-state index in [2.05, 4.69) is 21.1 Å². The van der Waals surface area contributed by atoms with Crippen LogP contribution in [-0.4, -0.2) is 23.4 Å². The minimum atomic E-state index is 0.000521. The fraction of sp³-hybridized carbons (Fsp3) is 0.273. The summed E-state index contributed by atoms with van der Waals surface area (Å²) in [6, 6.07) is 5.58. The molecule has 4 nitrogen and oxygen atoms in total. The second-order valence-electron chi connectivity index (χ2n) is 3.63. The van der Waals surface area contributed by atoms with Crippen molar-refractivity contribution in [3.63, 3.8) is 0 Å². The van der Waals surface area contributed by atoms with Crippen molar-refractivity contribution >= 4 is 33.2 Å². The molecule has 16 heavy (non-hydrogen) atoms. The van der Waals surface area contributed by atoms with E-state index in [-0.39, 0.29) is 5.91 Å². The number of hydrogen-bond acceptors (Lipinski definition) is 3. The largest absolute Gasteiger partial charge is 0.411 e. The third-order valence-corrected chi connectivity index (χ3v) is 3.13. The number of benzene rings is 1. The fourth-order valence-electron chi connectivity index (χ4n) is 1.88. The van der Waals surface area contributed by atoms with Gasteiger partial charge in [-0.05, 0) is 18.2 Å². The van der Waals surface area contributed by atoms with Gasteiger partial charge in [0.1, 0.15) is 0 Å². The number of nitrogens with zero attached hydrogens (tertiary/aromatic N) is 2. The zero-order chi connectivity index (χ0) is 11.7. The molecule has 0 atom stereocenters. The second kappa shape index (κ2) is 4.25. The van der Waals surface area contributed by atoms with Crippen molar-refractivity contribution in [3.8, 4) is 0 Å². The third kappa shape index (κ3) is 1.82. The molecule has 0 bridgehead atoms. The minimum Gasteiger partial charge on any atom is -0.411 e.